The van der Waals surface area contributed by atoms with E-state index < -0.39 is 6.36 Å². The van der Waals surface area contributed by atoms with Gasteiger partial charge in [-0.15, -0.1) is 13.2 Å². The van der Waals surface area contributed by atoms with Crippen molar-refractivity contribution >= 4 is 12.3 Å². The molecule has 0 saturated heterocycles. The number of ether oxygens (including phenoxy) is 2. The number of hydrogen-bond acceptors (Lipinski definition) is 4. The Labute approximate surface area is 88.6 Å². The number of rotatable bonds is 3. The first-order valence-electron chi connectivity index (χ1n) is 4.03. The lowest BCUT2D eigenvalue weighted by Gasteiger charge is -2.09. The summed E-state index contributed by atoms with van der Waals surface area (Å²) in [4.78, 5) is 0. The molecular formula is C9H7F3N2O2. The molecule has 0 aromatic heterocycles. The third-order valence-corrected chi connectivity index (χ3v) is 1.53. The highest BCUT2D eigenvalue weighted by Gasteiger charge is 2.30. The van der Waals surface area contributed by atoms with E-state index in [-0.39, 0.29) is 17.2 Å². The van der Waals surface area contributed by atoms with Crippen molar-refractivity contribution in [2.75, 3.05) is 0 Å². The van der Waals surface area contributed by atoms with Gasteiger partial charge in [0.25, 0.3) is 0 Å². The third kappa shape index (κ3) is 3.60. The monoisotopic (exact) mass is 232 g/mol. The number of halogens is 3. The van der Waals surface area contributed by atoms with Crippen LogP contribution in [0.3, 0.4) is 0 Å². The van der Waals surface area contributed by atoms with E-state index >= 15 is 0 Å². The SMILES string of the molecule is N=COC(=N)c1ccc(OC(F)(F)F)cc1. The Hall–Kier alpha value is -2.05. The molecule has 4 nitrogen and oxygen atoms in total. The van der Waals surface area contributed by atoms with Crippen LogP contribution in [0.15, 0.2) is 24.3 Å². The fraction of sp³-hybridized carbons (Fsp3) is 0.111. The van der Waals surface area contributed by atoms with E-state index in [4.69, 9.17) is 10.8 Å². The second kappa shape index (κ2) is 4.65. The zero-order chi connectivity index (χ0) is 12.2. The first-order valence-corrected chi connectivity index (χ1v) is 4.03. The van der Waals surface area contributed by atoms with Gasteiger partial charge in [-0.25, -0.2) is 0 Å². The minimum Gasteiger partial charge on any atom is -0.428 e. The summed E-state index contributed by atoms with van der Waals surface area (Å²) >= 11 is 0. The van der Waals surface area contributed by atoms with Crippen molar-refractivity contribution in [2.24, 2.45) is 0 Å². The smallest absolute Gasteiger partial charge is 0.428 e. The first-order chi connectivity index (χ1) is 7.42. The molecule has 7 heteroatoms. The fourth-order valence-electron chi connectivity index (χ4n) is 0.935. The Morgan fingerprint density at radius 1 is 1.19 bits per heavy atom. The van der Waals surface area contributed by atoms with Gasteiger partial charge in [-0.2, -0.15) is 0 Å². The van der Waals surface area contributed by atoms with Gasteiger partial charge in [0.05, 0.1) is 0 Å². The summed E-state index contributed by atoms with van der Waals surface area (Å²) in [5.41, 5.74) is 0.248. The molecule has 0 amide bonds. The van der Waals surface area contributed by atoms with Crippen LogP contribution in [0.1, 0.15) is 5.56 Å². The molecule has 86 valence electrons. The molecule has 0 radical (unpaired) electrons. The summed E-state index contributed by atoms with van der Waals surface area (Å²) in [5, 5.41) is 13.8. The van der Waals surface area contributed by atoms with Crippen LogP contribution in [0, 0.1) is 10.8 Å². The molecule has 0 spiro atoms. The Morgan fingerprint density at radius 2 is 1.75 bits per heavy atom. The van der Waals surface area contributed by atoms with E-state index in [1.54, 1.807) is 0 Å². The number of alkyl halides is 3. The Balaban J connectivity index is 2.75. The summed E-state index contributed by atoms with van der Waals surface area (Å²) in [6.45, 7) is 0. The van der Waals surface area contributed by atoms with Crippen LogP contribution >= 0.6 is 0 Å². The van der Waals surface area contributed by atoms with Crippen LogP contribution < -0.4 is 4.74 Å². The van der Waals surface area contributed by atoms with Crippen LogP contribution in [0.2, 0.25) is 0 Å². The molecule has 1 aromatic carbocycles. The van der Waals surface area contributed by atoms with E-state index in [0.29, 0.717) is 6.40 Å². The molecular weight excluding hydrogens is 225 g/mol. The fourth-order valence-corrected chi connectivity index (χ4v) is 0.935. The topological polar surface area (TPSA) is 66.2 Å². The molecule has 0 bridgehead atoms. The molecule has 0 aliphatic carbocycles. The molecule has 0 aliphatic heterocycles. The van der Waals surface area contributed by atoms with Gasteiger partial charge in [-0.3, -0.25) is 10.8 Å². The maximum absolute atomic E-state index is 11.8. The zero-order valence-electron chi connectivity index (χ0n) is 7.84. The maximum atomic E-state index is 11.8. The second-order valence-corrected chi connectivity index (χ2v) is 2.64. The van der Waals surface area contributed by atoms with Gasteiger partial charge in [0.2, 0.25) is 5.90 Å². The minimum atomic E-state index is -4.74. The number of hydrogen-bond donors (Lipinski definition) is 2. The molecule has 2 N–H and O–H groups in total. The van der Waals surface area contributed by atoms with Gasteiger partial charge in [0.1, 0.15) is 5.75 Å². The molecule has 0 unspecified atom stereocenters. The molecule has 1 rings (SSSR count). The largest absolute Gasteiger partial charge is 0.573 e. The molecule has 16 heavy (non-hydrogen) atoms. The summed E-state index contributed by atoms with van der Waals surface area (Å²) in [6, 6.07) is 4.58. The van der Waals surface area contributed by atoms with E-state index in [9.17, 15) is 13.2 Å². The van der Waals surface area contributed by atoms with Crippen LogP contribution in [0.4, 0.5) is 13.2 Å². The molecule has 0 fully saturated rings. The van der Waals surface area contributed by atoms with Crippen molar-refractivity contribution in [2.45, 2.75) is 6.36 Å². The lowest BCUT2D eigenvalue weighted by molar-refractivity contribution is -0.274. The molecule has 1 aromatic rings. The van der Waals surface area contributed by atoms with Gasteiger partial charge in [0, 0.05) is 5.56 Å². The molecule has 0 atom stereocenters. The van der Waals surface area contributed by atoms with Gasteiger partial charge in [-0.1, -0.05) is 0 Å². The normalized spacial score (nSPS) is 10.7. The van der Waals surface area contributed by atoms with Crippen molar-refractivity contribution in [1.29, 1.82) is 10.8 Å². The Bertz CT molecular complexity index is 387. The van der Waals surface area contributed by atoms with Gasteiger partial charge < -0.3 is 9.47 Å². The van der Waals surface area contributed by atoms with Gasteiger partial charge in [0.15, 0.2) is 6.40 Å². The molecule has 0 heterocycles. The summed E-state index contributed by atoms with van der Waals surface area (Å²) < 4.78 is 43.5. The third-order valence-electron chi connectivity index (χ3n) is 1.53. The van der Waals surface area contributed by atoms with Crippen LogP contribution in [0.25, 0.3) is 0 Å². The lowest BCUT2D eigenvalue weighted by atomic mass is 10.2. The van der Waals surface area contributed by atoms with Crippen LogP contribution in [0.5, 0.6) is 5.75 Å². The summed E-state index contributed by atoms with van der Waals surface area (Å²) in [7, 11) is 0. The first kappa shape index (κ1) is 12.0. The molecule has 0 saturated carbocycles. The standard InChI is InChI=1S/C9H7F3N2O2/c10-9(11,12)16-7-3-1-6(2-4-7)8(14)15-5-13/h1-5,13-14H. The van der Waals surface area contributed by atoms with Crippen molar-refractivity contribution in [3.05, 3.63) is 29.8 Å². The van der Waals surface area contributed by atoms with Gasteiger partial charge in [-0.05, 0) is 24.3 Å². The predicted octanol–water partition coefficient (Wildman–Crippen LogP) is 2.53. The maximum Gasteiger partial charge on any atom is 0.573 e. The number of benzene rings is 1. The van der Waals surface area contributed by atoms with E-state index in [2.05, 4.69) is 9.47 Å². The highest BCUT2D eigenvalue weighted by atomic mass is 19.4. The van der Waals surface area contributed by atoms with E-state index in [1.165, 1.54) is 12.1 Å². The highest BCUT2D eigenvalue weighted by Crippen LogP contribution is 2.22. The highest BCUT2D eigenvalue weighted by molar-refractivity contribution is 5.95. The summed E-state index contributed by atoms with van der Waals surface area (Å²) in [5.74, 6) is -0.701. The zero-order valence-corrected chi connectivity index (χ0v) is 7.84. The van der Waals surface area contributed by atoms with Crippen molar-refractivity contribution in [3.63, 3.8) is 0 Å². The summed E-state index contributed by atoms with van der Waals surface area (Å²) in [6.07, 6.45) is -4.18. The van der Waals surface area contributed by atoms with Crippen molar-refractivity contribution in [1.82, 2.24) is 0 Å². The van der Waals surface area contributed by atoms with E-state index in [1.807, 2.05) is 0 Å². The Morgan fingerprint density at radius 3 is 2.19 bits per heavy atom. The van der Waals surface area contributed by atoms with Crippen molar-refractivity contribution < 1.29 is 22.6 Å². The second-order valence-electron chi connectivity index (χ2n) is 2.64. The quantitative estimate of drug-likeness (QED) is 0.621. The predicted molar refractivity (Wildman–Crippen MR) is 49.8 cm³/mol. The lowest BCUT2D eigenvalue weighted by Crippen LogP contribution is -2.17. The van der Waals surface area contributed by atoms with Crippen LogP contribution in [-0.2, 0) is 4.74 Å². The number of nitrogens with one attached hydrogen (secondary N) is 2. The Kier molecular flexibility index (Phi) is 3.49. The minimum absolute atomic E-state index is 0.248. The van der Waals surface area contributed by atoms with E-state index in [0.717, 1.165) is 12.1 Å². The average molecular weight is 232 g/mol. The molecule has 0 aliphatic rings. The van der Waals surface area contributed by atoms with Gasteiger partial charge >= 0.3 is 6.36 Å². The van der Waals surface area contributed by atoms with Crippen LogP contribution in [-0.4, -0.2) is 18.7 Å². The average Bonchev–Trinajstić information content (AvgIpc) is 2.16. The van der Waals surface area contributed by atoms with Crippen molar-refractivity contribution in [3.8, 4) is 5.75 Å².